The molecule has 8 heteroatoms. The Morgan fingerprint density at radius 1 is 0.795 bits per heavy atom. The Kier molecular flexibility index (Phi) is 6.59. The second-order valence-corrected chi connectivity index (χ2v) is 9.37. The number of aromatic nitrogens is 3. The van der Waals surface area contributed by atoms with Crippen molar-refractivity contribution in [1.29, 1.82) is 0 Å². The molecule has 1 aliphatic heterocycles. The second kappa shape index (κ2) is 10.5. The highest BCUT2D eigenvalue weighted by Crippen LogP contribution is 2.32. The van der Waals surface area contributed by atoms with Crippen molar-refractivity contribution in [2.75, 3.05) is 45.3 Å². The van der Waals surface area contributed by atoms with Crippen molar-refractivity contribution >= 4 is 17.2 Å². The highest BCUT2D eigenvalue weighted by atomic mass is 16.5. The molecular formula is C31H29N5O3. The fourth-order valence-corrected chi connectivity index (χ4v) is 5.00. The molecule has 0 unspecified atom stereocenters. The lowest BCUT2D eigenvalue weighted by molar-refractivity contribution is 0.0741. The summed E-state index contributed by atoms with van der Waals surface area (Å²) in [6, 6.07) is 29.5. The Morgan fingerprint density at radius 2 is 1.51 bits per heavy atom. The van der Waals surface area contributed by atoms with Crippen molar-refractivity contribution < 1.29 is 14.3 Å². The summed E-state index contributed by atoms with van der Waals surface area (Å²) in [7, 11) is 3.31. The monoisotopic (exact) mass is 519 g/mol. The lowest BCUT2D eigenvalue weighted by Crippen LogP contribution is -2.49. The minimum Gasteiger partial charge on any atom is -0.497 e. The van der Waals surface area contributed by atoms with E-state index in [2.05, 4.69) is 17.0 Å². The van der Waals surface area contributed by atoms with Crippen molar-refractivity contribution in [2.45, 2.75) is 0 Å². The first kappa shape index (κ1) is 24.5. The average molecular weight is 520 g/mol. The molecule has 0 bridgehead atoms. The first-order valence-electron chi connectivity index (χ1n) is 12.9. The molecule has 196 valence electrons. The van der Waals surface area contributed by atoms with E-state index in [1.54, 1.807) is 18.7 Å². The Labute approximate surface area is 227 Å². The van der Waals surface area contributed by atoms with Gasteiger partial charge in [0.1, 0.15) is 17.2 Å². The molecule has 5 aromatic rings. The molecule has 1 amide bonds. The number of anilines is 1. The molecule has 6 rings (SSSR count). The summed E-state index contributed by atoms with van der Waals surface area (Å²) < 4.78 is 12.7. The van der Waals surface area contributed by atoms with Gasteiger partial charge in [-0.3, -0.25) is 4.79 Å². The molecule has 0 atom stereocenters. The highest BCUT2D eigenvalue weighted by Gasteiger charge is 2.25. The zero-order valence-corrected chi connectivity index (χ0v) is 21.9. The largest absolute Gasteiger partial charge is 0.497 e. The van der Waals surface area contributed by atoms with Crippen LogP contribution in [-0.2, 0) is 0 Å². The van der Waals surface area contributed by atoms with Crippen molar-refractivity contribution in [3.8, 4) is 34.0 Å². The third-order valence-electron chi connectivity index (χ3n) is 7.10. The summed E-state index contributed by atoms with van der Waals surface area (Å²) in [5.41, 5.74) is 5.48. The molecular weight excluding hydrogens is 490 g/mol. The Balaban J connectivity index is 1.33. The molecule has 2 aromatic heterocycles. The average Bonchev–Trinajstić information content (AvgIpc) is 3.45. The van der Waals surface area contributed by atoms with Crippen LogP contribution in [0, 0.1) is 0 Å². The summed E-state index contributed by atoms with van der Waals surface area (Å²) in [6.07, 6.45) is 0. The molecule has 1 saturated heterocycles. The molecule has 39 heavy (non-hydrogen) atoms. The van der Waals surface area contributed by atoms with Crippen LogP contribution in [0.25, 0.3) is 28.2 Å². The van der Waals surface area contributed by atoms with Gasteiger partial charge in [-0.25, -0.2) is 9.50 Å². The van der Waals surface area contributed by atoms with E-state index in [1.807, 2.05) is 83.8 Å². The molecule has 0 aliphatic carbocycles. The van der Waals surface area contributed by atoms with E-state index in [4.69, 9.17) is 19.6 Å². The number of fused-ring (bicyclic) bond motifs is 1. The van der Waals surface area contributed by atoms with Crippen LogP contribution in [0.3, 0.4) is 0 Å². The van der Waals surface area contributed by atoms with Gasteiger partial charge in [-0.05, 0) is 42.5 Å². The van der Waals surface area contributed by atoms with Crippen LogP contribution >= 0.6 is 0 Å². The van der Waals surface area contributed by atoms with Crippen molar-refractivity contribution in [3.63, 3.8) is 0 Å². The molecule has 3 aromatic carbocycles. The van der Waals surface area contributed by atoms with Gasteiger partial charge in [0, 0.05) is 49.1 Å². The number of hydrogen-bond acceptors (Lipinski definition) is 6. The van der Waals surface area contributed by atoms with E-state index in [-0.39, 0.29) is 5.91 Å². The van der Waals surface area contributed by atoms with E-state index in [0.29, 0.717) is 30.2 Å². The fourth-order valence-electron chi connectivity index (χ4n) is 5.00. The van der Waals surface area contributed by atoms with Crippen molar-refractivity contribution in [1.82, 2.24) is 19.5 Å². The number of rotatable bonds is 6. The molecule has 1 aliphatic rings. The number of hydrogen-bond donors (Lipinski definition) is 0. The van der Waals surface area contributed by atoms with Crippen LogP contribution in [0.2, 0.25) is 0 Å². The van der Waals surface area contributed by atoms with E-state index in [9.17, 15) is 4.79 Å². The number of piperazine rings is 1. The first-order chi connectivity index (χ1) is 19.1. The lowest BCUT2D eigenvalue weighted by atomic mass is 10.1. The van der Waals surface area contributed by atoms with Gasteiger partial charge in [-0.1, -0.05) is 42.5 Å². The van der Waals surface area contributed by atoms with E-state index >= 15 is 0 Å². The van der Waals surface area contributed by atoms with Crippen LogP contribution in [0.5, 0.6) is 11.5 Å². The fraction of sp³-hybridized carbons (Fsp3) is 0.194. The van der Waals surface area contributed by atoms with Crippen LogP contribution in [0.15, 0.2) is 91.0 Å². The normalized spacial score (nSPS) is 13.5. The highest BCUT2D eigenvalue weighted by molar-refractivity contribution is 5.94. The summed E-state index contributed by atoms with van der Waals surface area (Å²) in [5, 5.41) is 4.86. The summed E-state index contributed by atoms with van der Waals surface area (Å²) in [4.78, 5) is 22.7. The van der Waals surface area contributed by atoms with Crippen LogP contribution in [0.1, 0.15) is 10.5 Å². The maximum absolute atomic E-state index is 13.8. The number of carbonyl (C=O) groups is 1. The molecule has 0 radical (unpaired) electrons. The van der Waals surface area contributed by atoms with Crippen molar-refractivity contribution in [3.05, 3.63) is 96.7 Å². The van der Waals surface area contributed by atoms with Gasteiger partial charge in [-0.2, -0.15) is 5.10 Å². The molecule has 1 fully saturated rings. The minimum atomic E-state index is -0.0921. The zero-order valence-electron chi connectivity index (χ0n) is 21.9. The van der Waals surface area contributed by atoms with E-state index in [0.717, 1.165) is 47.0 Å². The maximum Gasteiger partial charge on any atom is 0.272 e. The van der Waals surface area contributed by atoms with Gasteiger partial charge in [-0.15, -0.1) is 0 Å². The Bertz CT molecular complexity index is 1610. The molecule has 0 N–H and O–H groups in total. The first-order valence-corrected chi connectivity index (χ1v) is 12.9. The second-order valence-electron chi connectivity index (χ2n) is 9.37. The van der Waals surface area contributed by atoms with Crippen LogP contribution in [0.4, 0.5) is 5.69 Å². The molecule has 0 saturated carbocycles. The maximum atomic E-state index is 13.8. The predicted molar refractivity (Wildman–Crippen MR) is 152 cm³/mol. The van der Waals surface area contributed by atoms with Gasteiger partial charge in [0.2, 0.25) is 0 Å². The number of nitrogens with zero attached hydrogens (tertiary/aromatic N) is 5. The zero-order chi connectivity index (χ0) is 26.8. The SMILES string of the molecule is COc1ccc(N2CCN(C(=O)c3cc(-c4ccccc4OC)n4nc(-c5ccccc5)cc4n3)CC2)cc1. The lowest BCUT2D eigenvalue weighted by Gasteiger charge is -2.36. The van der Waals surface area contributed by atoms with Gasteiger partial charge in [0.25, 0.3) is 5.91 Å². The van der Waals surface area contributed by atoms with Gasteiger partial charge < -0.3 is 19.3 Å². The third-order valence-corrected chi connectivity index (χ3v) is 7.10. The number of benzene rings is 3. The number of ether oxygens (including phenoxy) is 2. The standard InChI is InChI=1S/C31H29N5O3/c1-38-24-14-12-23(13-15-24)34-16-18-35(19-17-34)31(37)27-20-28(25-10-6-7-11-29(25)39-2)36-30(32-27)21-26(33-36)22-8-4-3-5-9-22/h3-15,20-21H,16-19H2,1-2H3. The van der Waals surface area contributed by atoms with Crippen LogP contribution < -0.4 is 14.4 Å². The number of amides is 1. The third kappa shape index (κ3) is 4.77. The Morgan fingerprint density at radius 3 is 2.23 bits per heavy atom. The summed E-state index contributed by atoms with van der Waals surface area (Å²) in [5.74, 6) is 1.44. The quantitative estimate of drug-likeness (QED) is 0.313. The molecule has 0 spiro atoms. The Hall–Kier alpha value is -4.85. The van der Waals surface area contributed by atoms with Crippen molar-refractivity contribution in [2.24, 2.45) is 0 Å². The topological polar surface area (TPSA) is 72.2 Å². The summed E-state index contributed by atoms with van der Waals surface area (Å²) >= 11 is 0. The van der Waals surface area contributed by atoms with E-state index in [1.165, 1.54) is 0 Å². The van der Waals surface area contributed by atoms with Gasteiger partial charge in [0.05, 0.1) is 25.6 Å². The predicted octanol–water partition coefficient (Wildman–Crippen LogP) is 5.04. The molecule has 3 heterocycles. The van der Waals surface area contributed by atoms with Crippen LogP contribution in [-0.4, -0.2) is 65.8 Å². The summed E-state index contributed by atoms with van der Waals surface area (Å²) in [6.45, 7) is 2.70. The van der Waals surface area contributed by atoms with E-state index < -0.39 is 0 Å². The van der Waals surface area contributed by atoms with Gasteiger partial charge in [0.15, 0.2) is 5.65 Å². The number of para-hydroxylation sites is 1. The number of methoxy groups -OCH3 is 2. The van der Waals surface area contributed by atoms with Gasteiger partial charge >= 0.3 is 0 Å². The minimum absolute atomic E-state index is 0.0921. The molecule has 8 nitrogen and oxygen atoms in total. The number of carbonyl (C=O) groups excluding carboxylic acids is 1. The smallest absolute Gasteiger partial charge is 0.272 e.